The quantitative estimate of drug-likeness (QED) is 0.405. The van der Waals surface area contributed by atoms with Crippen molar-refractivity contribution >= 4 is 12.4 Å². The standard InChI is InChI=1S/C9H9N3O/c13-12-6-2-1-5-11-9(12)8-10-4-3-7-12/h1-5,7-8H,6H2. The zero-order valence-corrected chi connectivity index (χ0v) is 7.00. The summed E-state index contributed by atoms with van der Waals surface area (Å²) in [5.41, 5.74) is 0. The van der Waals surface area contributed by atoms with Gasteiger partial charge in [0.25, 0.3) is 5.82 Å². The van der Waals surface area contributed by atoms with Crippen molar-refractivity contribution in [2.75, 3.05) is 6.54 Å². The van der Waals surface area contributed by atoms with Crippen LogP contribution in [0.3, 0.4) is 0 Å². The minimum absolute atomic E-state index is 0.367. The van der Waals surface area contributed by atoms with Gasteiger partial charge in [0.15, 0.2) is 0 Å². The van der Waals surface area contributed by atoms with E-state index in [1.54, 1.807) is 30.7 Å². The summed E-state index contributed by atoms with van der Waals surface area (Å²) in [6.45, 7) is 0.367. The summed E-state index contributed by atoms with van der Waals surface area (Å²) < 4.78 is -0.562. The van der Waals surface area contributed by atoms with Gasteiger partial charge in [-0.05, 0) is 12.2 Å². The number of hydrogen-bond acceptors (Lipinski definition) is 3. The molecule has 2 aliphatic heterocycles. The summed E-state index contributed by atoms with van der Waals surface area (Å²) in [4.78, 5) is 7.93. The Hall–Kier alpha value is -1.52. The topological polar surface area (TPSA) is 47.8 Å². The van der Waals surface area contributed by atoms with E-state index in [9.17, 15) is 5.21 Å². The summed E-state index contributed by atoms with van der Waals surface area (Å²) in [6.07, 6.45) is 11.4. The van der Waals surface area contributed by atoms with Crippen molar-refractivity contribution in [3.05, 3.63) is 41.7 Å². The monoisotopic (exact) mass is 175 g/mol. The third-order valence-electron chi connectivity index (χ3n) is 1.88. The predicted molar refractivity (Wildman–Crippen MR) is 51.8 cm³/mol. The van der Waals surface area contributed by atoms with Gasteiger partial charge in [-0.25, -0.2) is 4.99 Å². The van der Waals surface area contributed by atoms with Crippen LogP contribution in [0.4, 0.5) is 0 Å². The second kappa shape index (κ2) is 3.08. The van der Waals surface area contributed by atoms with Crippen LogP contribution >= 0.6 is 0 Å². The molecule has 1 atom stereocenters. The molecule has 0 aliphatic carbocycles. The van der Waals surface area contributed by atoms with E-state index in [0.29, 0.717) is 12.4 Å². The summed E-state index contributed by atoms with van der Waals surface area (Å²) in [7, 11) is 0. The van der Waals surface area contributed by atoms with Gasteiger partial charge in [0, 0.05) is 18.5 Å². The molecule has 0 aromatic heterocycles. The molecule has 0 saturated carbocycles. The van der Waals surface area contributed by atoms with Crippen LogP contribution in [0, 0.1) is 5.21 Å². The van der Waals surface area contributed by atoms with Crippen LogP contribution in [-0.2, 0) is 0 Å². The third-order valence-corrected chi connectivity index (χ3v) is 1.88. The number of hydrogen-bond donors (Lipinski definition) is 0. The van der Waals surface area contributed by atoms with Crippen molar-refractivity contribution in [2.45, 2.75) is 0 Å². The molecule has 2 rings (SSSR count). The number of nitrogens with zero attached hydrogens (tertiary/aromatic N) is 3. The molecule has 0 bridgehead atoms. The summed E-state index contributed by atoms with van der Waals surface area (Å²) in [5, 5.41) is 12.1. The minimum atomic E-state index is -0.562. The van der Waals surface area contributed by atoms with E-state index in [-0.39, 0.29) is 0 Å². The normalized spacial score (nSPS) is 30.7. The molecule has 2 heterocycles. The van der Waals surface area contributed by atoms with E-state index in [1.807, 2.05) is 0 Å². The van der Waals surface area contributed by atoms with Gasteiger partial charge in [0.2, 0.25) is 0 Å². The van der Waals surface area contributed by atoms with Crippen LogP contribution in [0.2, 0.25) is 0 Å². The van der Waals surface area contributed by atoms with Crippen LogP contribution in [0.5, 0.6) is 0 Å². The number of hydroxylamine groups is 3. The molecule has 4 heteroatoms. The van der Waals surface area contributed by atoms with Crippen LogP contribution in [0.1, 0.15) is 0 Å². The largest absolute Gasteiger partial charge is 0.621 e. The van der Waals surface area contributed by atoms with E-state index in [4.69, 9.17) is 0 Å². The highest BCUT2D eigenvalue weighted by Crippen LogP contribution is 2.21. The lowest BCUT2D eigenvalue weighted by Gasteiger charge is -2.35. The molecule has 0 aromatic carbocycles. The van der Waals surface area contributed by atoms with Gasteiger partial charge >= 0.3 is 0 Å². The first kappa shape index (κ1) is 8.10. The van der Waals surface area contributed by atoms with Gasteiger partial charge in [-0.1, -0.05) is 0 Å². The molecule has 4 nitrogen and oxygen atoms in total. The molecule has 0 aromatic rings. The van der Waals surface area contributed by atoms with Crippen LogP contribution in [0.15, 0.2) is 46.4 Å². The molecule has 0 spiro atoms. The van der Waals surface area contributed by atoms with Gasteiger partial charge in [0.05, 0.1) is 0 Å². The number of allylic oxidation sites excluding steroid dienone is 2. The van der Waals surface area contributed by atoms with Gasteiger partial charge in [-0.2, -0.15) is 0 Å². The smallest absolute Gasteiger partial charge is 0.251 e. The number of quaternary nitrogens is 1. The van der Waals surface area contributed by atoms with E-state index in [1.165, 1.54) is 12.4 Å². The first-order valence-corrected chi connectivity index (χ1v) is 4.01. The van der Waals surface area contributed by atoms with Crippen LogP contribution in [-0.4, -0.2) is 23.6 Å². The maximum Gasteiger partial charge on any atom is 0.251 e. The molecule has 66 valence electrons. The van der Waals surface area contributed by atoms with Gasteiger partial charge in [-0.3, -0.25) is 9.64 Å². The highest BCUT2D eigenvalue weighted by Gasteiger charge is 2.20. The molecule has 0 N–H and O–H groups in total. The SMILES string of the molecule is [O-][N+]12C=CC=NC=C1N=CC=CC2. The maximum absolute atomic E-state index is 12.1. The van der Waals surface area contributed by atoms with Gasteiger partial charge in [0.1, 0.15) is 18.9 Å². The molecular weight excluding hydrogens is 166 g/mol. The van der Waals surface area contributed by atoms with E-state index < -0.39 is 4.65 Å². The zero-order chi connectivity index (χ0) is 9.15. The fraction of sp³-hybridized carbons (Fsp3) is 0.111. The van der Waals surface area contributed by atoms with Crippen molar-refractivity contribution in [1.82, 2.24) is 0 Å². The fourth-order valence-electron chi connectivity index (χ4n) is 1.19. The Bertz CT molecular complexity index is 352. The minimum Gasteiger partial charge on any atom is -0.621 e. The molecule has 0 amide bonds. The Morgan fingerprint density at radius 3 is 3.15 bits per heavy atom. The molecule has 13 heavy (non-hydrogen) atoms. The predicted octanol–water partition coefficient (Wildman–Crippen LogP) is 1.34. The van der Waals surface area contributed by atoms with Crippen molar-refractivity contribution in [1.29, 1.82) is 0 Å². The van der Waals surface area contributed by atoms with Crippen molar-refractivity contribution in [3.8, 4) is 0 Å². The average Bonchev–Trinajstić information content (AvgIpc) is 2.37. The summed E-state index contributed by atoms with van der Waals surface area (Å²) in [5.74, 6) is 0.412. The first-order chi connectivity index (χ1) is 6.31. The number of rotatable bonds is 0. The lowest BCUT2D eigenvalue weighted by atomic mass is 10.4. The number of aliphatic imine (C=N–C) groups is 2. The highest BCUT2D eigenvalue weighted by atomic mass is 16.5. The second-order valence-corrected chi connectivity index (χ2v) is 2.81. The van der Waals surface area contributed by atoms with Gasteiger partial charge < -0.3 is 5.21 Å². The lowest BCUT2D eigenvalue weighted by molar-refractivity contribution is -0.782. The van der Waals surface area contributed by atoms with Crippen molar-refractivity contribution < 1.29 is 4.65 Å². The lowest BCUT2D eigenvalue weighted by Crippen LogP contribution is -2.33. The van der Waals surface area contributed by atoms with Gasteiger partial charge in [-0.15, -0.1) is 0 Å². The Balaban J connectivity index is 2.46. The average molecular weight is 175 g/mol. The molecule has 0 saturated heterocycles. The molecule has 0 radical (unpaired) electrons. The second-order valence-electron chi connectivity index (χ2n) is 2.81. The van der Waals surface area contributed by atoms with Crippen molar-refractivity contribution in [2.24, 2.45) is 9.98 Å². The van der Waals surface area contributed by atoms with E-state index in [2.05, 4.69) is 9.98 Å². The fourth-order valence-corrected chi connectivity index (χ4v) is 1.19. The zero-order valence-electron chi connectivity index (χ0n) is 7.00. The number of fused-ring (bicyclic) bond motifs is 1. The third kappa shape index (κ3) is 1.49. The maximum atomic E-state index is 12.1. The van der Waals surface area contributed by atoms with E-state index in [0.717, 1.165) is 0 Å². The Morgan fingerprint density at radius 1 is 1.31 bits per heavy atom. The summed E-state index contributed by atoms with van der Waals surface area (Å²) in [6, 6.07) is 0. The van der Waals surface area contributed by atoms with Crippen LogP contribution in [0.25, 0.3) is 0 Å². The first-order valence-electron chi connectivity index (χ1n) is 4.01. The highest BCUT2D eigenvalue weighted by molar-refractivity contribution is 5.73. The molecule has 2 aliphatic rings. The molecular formula is C9H9N3O. The Morgan fingerprint density at radius 2 is 2.23 bits per heavy atom. The Labute approximate surface area is 76.1 Å². The molecule has 0 fully saturated rings. The Kier molecular flexibility index (Phi) is 1.92. The van der Waals surface area contributed by atoms with E-state index >= 15 is 0 Å². The van der Waals surface area contributed by atoms with Crippen LogP contribution < -0.4 is 0 Å². The molecule has 1 unspecified atom stereocenters. The van der Waals surface area contributed by atoms with Crippen molar-refractivity contribution in [3.63, 3.8) is 0 Å². The summed E-state index contributed by atoms with van der Waals surface area (Å²) >= 11 is 0.